The van der Waals surface area contributed by atoms with Gasteiger partial charge in [-0.3, -0.25) is 15.2 Å². The molecule has 11 nitrogen and oxygen atoms in total. The smallest absolute Gasteiger partial charge is 0.430 e. The maximum atomic E-state index is 15.1. The van der Waals surface area contributed by atoms with Gasteiger partial charge in [-0.2, -0.15) is 13.2 Å². The number of benzene rings is 3. The van der Waals surface area contributed by atoms with Gasteiger partial charge in [0.25, 0.3) is 0 Å². The average molecular weight is 790 g/mol. The lowest BCUT2D eigenvalue weighted by molar-refractivity contribution is -0.919. The normalized spacial score (nSPS) is 21.5. The van der Waals surface area contributed by atoms with Crippen LogP contribution in [0.4, 0.5) is 28.0 Å². The number of nitrogens with one attached hydrogen (secondary N) is 2. The number of carboxylic acid groups (broad SMARTS) is 1. The summed E-state index contributed by atoms with van der Waals surface area (Å²) in [4.78, 5) is 31.4. The fraction of sp³-hybridized carbons (Fsp3) is 0.462. The van der Waals surface area contributed by atoms with E-state index in [1.807, 2.05) is 26.0 Å². The Morgan fingerprint density at radius 1 is 1.04 bits per heavy atom. The van der Waals surface area contributed by atoms with Crippen LogP contribution in [0.25, 0.3) is 11.1 Å². The molecule has 0 radical (unpaired) electrons. The van der Waals surface area contributed by atoms with Crippen LogP contribution >= 0.6 is 0 Å². The van der Waals surface area contributed by atoms with Crippen molar-refractivity contribution in [2.45, 2.75) is 94.1 Å². The van der Waals surface area contributed by atoms with Crippen molar-refractivity contribution in [2.75, 3.05) is 32.1 Å². The molecule has 2 saturated heterocycles. The minimum absolute atomic E-state index is 0.0967. The van der Waals surface area contributed by atoms with Gasteiger partial charge in [-0.1, -0.05) is 43.5 Å². The number of sulfonamides is 1. The number of anilines is 1. The molecule has 2 amide bonds. The van der Waals surface area contributed by atoms with E-state index in [4.69, 9.17) is 19.6 Å². The number of amidine groups is 1. The van der Waals surface area contributed by atoms with Gasteiger partial charge in [0.2, 0.25) is 10.0 Å². The quantitative estimate of drug-likeness (QED) is 0.302. The van der Waals surface area contributed by atoms with Gasteiger partial charge in [-0.05, 0) is 74.7 Å². The number of quaternary nitrogens is 1. The predicted molar refractivity (Wildman–Crippen MR) is 198 cm³/mol. The standard InChI is InChI=1S/C37H46FN5O4S.C2HF3O2/c1-26(2)47-31-12-8-9-27(23-31)25-42-21-19-37(20-22-42)35(39-30-10-6-5-7-11-30)40-36(44)43(37)34-24-29(38)15-18-33(34)28-13-16-32(17-14-28)48(45,46)41(3)4;3-2(4,5)1(6)7/h8-9,12-18,23-24,26,30H,5-7,10-11,19-22,25H2,1-4H3,(H,39,40,44);(H,6,7). The number of alkyl halides is 3. The van der Waals surface area contributed by atoms with Crippen LogP contribution in [0, 0.1) is 5.82 Å². The molecule has 3 aromatic rings. The molecule has 55 heavy (non-hydrogen) atoms. The van der Waals surface area contributed by atoms with Crippen molar-refractivity contribution in [1.82, 2.24) is 9.62 Å². The molecular formula is C39H47F4N5O6S. The van der Waals surface area contributed by atoms with Crippen molar-refractivity contribution < 1.29 is 50.3 Å². The number of aliphatic carboxylic acids is 1. The summed E-state index contributed by atoms with van der Waals surface area (Å²) in [6.45, 7) is 6.46. The second-order valence-electron chi connectivity index (χ2n) is 14.6. The van der Waals surface area contributed by atoms with E-state index in [1.54, 1.807) is 35.2 Å². The number of ether oxygens (including phenoxy) is 1. The molecule has 0 atom stereocenters. The number of amides is 2. The number of nitrogens with zero attached hydrogens (tertiary/aromatic N) is 3. The summed E-state index contributed by atoms with van der Waals surface area (Å²) in [5, 5.41) is 11.9. The van der Waals surface area contributed by atoms with Gasteiger partial charge in [-0.25, -0.2) is 21.9 Å². The number of piperidine rings is 1. The Morgan fingerprint density at radius 3 is 2.25 bits per heavy atom. The lowest BCUT2D eigenvalue weighted by atomic mass is 9.84. The molecule has 2 N–H and O–H groups in total. The van der Waals surface area contributed by atoms with Crippen LogP contribution in [0.15, 0.2) is 76.6 Å². The number of carbonyl (C=O) groups excluding carboxylic acids is 2. The van der Waals surface area contributed by atoms with Gasteiger partial charge in [0, 0.05) is 38.1 Å². The van der Waals surface area contributed by atoms with Gasteiger partial charge in [0.1, 0.15) is 35.5 Å². The van der Waals surface area contributed by atoms with E-state index in [-0.39, 0.29) is 23.1 Å². The summed E-state index contributed by atoms with van der Waals surface area (Å²) in [5.74, 6) is -1.91. The van der Waals surface area contributed by atoms with Crippen LogP contribution in [-0.4, -0.2) is 81.6 Å². The molecule has 3 aromatic carbocycles. The number of hydrogen-bond acceptors (Lipinski definition) is 7. The Balaban J connectivity index is 0.000000757. The van der Waals surface area contributed by atoms with Gasteiger partial charge in [0.05, 0.1) is 35.8 Å². The minimum atomic E-state index is -5.19. The predicted octanol–water partition coefficient (Wildman–Crippen LogP) is 4.71. The van der Waals surface area contributed by atoms with Crippen molar-refractivity contribution in [2.24, 2.45) is 4.99 Å². The number of likely N-dealkylation sites (tertiary alicyclic amines) is 1. The molecule has 3 aliphatic rings. The Labute approximate surface area is 319 Å². The number of aliphatic imine (C=N–C) groups is 1. The van der Waals surface area contributed by atoms with Crippen LogP contribution in [-0.2, 0) is 21.4 Å². The zero-order valence-electron chi connectivity index (χ0n) is 31.3. The second kappa shape index (κ2) is 17.1. The zero-order chi connectivity index (χ0) is 40.1. The Bertz CT molecular complexity index is 1970. The van der Waals surface area contributed by atoms with Crippen LogP contribution < -0.4 is 25.0 Å². The summed E-state index contributed by atoms with van der Waals surface area (Å²) in [6, 6.07) is 19.1. The van der Waals surface area contributed by atoms with E-state index >= 15 is 4.39 Å². The van der Waals surface area contributed by atoms with Crippen LogP contribution in [0.3, 0.4) is 0 Å². The zero-order valence-corrected chi connectivity index (χ0v) is 32.1. The topological polar surface area (TPSA) is 136 Å². The van der Waals surface area contributed by atoms with Crippen molar-refractivity contribution in [3.63, 3.8) is 0 Å². The SMILES string of the molecule is CC(C)Oc1cccc(C[NH+]2CCC3(CC2)C(=NC2CCCCC2)NC(=O)N3c2cc(F)ccc2-c2ccc(S(=O)(=O)N(C)C)cc2)c1.O=C([O-])C(F)(F)F. The van der Waals surface area contributed by atoms with Gasteiger partial charge in [0.15, 0.2) is 0 Å². The fourth-order valence-corrected chi connectivity index (χ4v) is 8.26. The molecule has 0 unspecified atom stereocenters. The highest BCUT2D eigenvalue weighted by Gasteiger charge is 2.55. The van der Waals surface area contributed by atoms with E-state index in [2.05, 4.69) is 17.4 Å². The first kappa shape index (κ1) is 41.6. The molecule has 2 aliphatic heterocycles. The molecule has 2 heterocycles. The average Bonchev–Trinajstić information content (AvgIpc) is 3.38. The first-order valence-corrected chi connectivity index (χ1v) is 19.7. The van der Waals surface area contributed by atoms with Crippen molar-refractivity contribution in [3.05, 3.63) is 78.1 Å². The third kappa shape index (κ3) is 9.83. The highest BCUT2D eigenvalue weighted by Crippen LogP contribution is 2.42. The first-order valence-electron chi connectivity index (χ1n) is 18.3. The maximum Gasteiger partial charge on any atom is 0.430 e. The monoisotopic (exact) mass is 789 g/mol. The Kier molecular flexibility index (Phi) is 12.9. The molecule has 16 heteroatoms. The molecule has 1 spiro atoms. The van der Waals surface area contributed by atoms with Crippen molar-refractivity contribution in [1.29, 1.82) is 0 Å². The lowest BCUT2D eigenvalue weighted by Crippen LogP contribution is -3.12. The summed E-state index contributed by atoms with van der Waals surface area (Å²) < 4.78 is 79.2. The highest BCUT2D eigenvalue weighted by molar-refractivity contribution is 7.89. The molecule has 1 saturated carbocycles. The second-order valence-corrected chi connectivity index (χ2v) is 16.7. The maximum absolute atomic E-state index is 15.1. The number of urea groups is 1. The molecular weight excluding hydrogens is 743 g/mol. The summed E-state index contributed by atoms with van der Waals surface area (Å²) >= 11 is 0. The van der Waals surface area contributed by atoms with E-state index < -0.39 is 33.5 Å². The molecule has 1 aliphatic carbocycles. The van der Waals surface area contributed by atoms with Crippen LogP contribution in [0.5, 0.6) is 5.75 Å². The first-order chi connectivity index (χ1) is 25.9. The van der Waals surface area contributed by atoms with E-state index in [9.17, 15) is 26.4 Å². The van der Waals surface area contributed by atoms with E-state index in [0.29, 0.717) is 35.5 Å². The van der Waals surface area contributed by atoms with Gasteiger partial charge >= 0.3 is 12.2 Å². The Hall–Kier alpha value is -4.54. The third-order valence-corrected chi connectivity index (χ3v) is 11.9. The van der Waals surface area contributed by atoms with E-state index in [1.165, 1.54) is 47.4 Å². The van der Waals surface area contributed by atoms with Crippen LogP contribution in [0.2, 0.25) is 0 Å². The molecule has 3 fully saturated rings. The lowest BCUT2D eigenvalue weighted by Gasteiger charge is -2.42. The number of rotatable bonds is 9. The summed E-state index contributed by atoms with van der Waals surface area (Å²) in [6.07, 6.45) is 1.65. The fourth-order valence-electron chi connectivity index (χ4n) is 7.35. The molecule has 298 valence electrons. The molecule has 0 bridgehead atoms. The number of halogens is 4. The molecule has 6 rings (SSSR count). The van der Waals surface area contributed by atoms with Crippen LogP contribution in [0.1, 0.15) is 64.4 Å². The summed E-state index contributed by atoms with van der Waals surface area (Å²) in [7, 11) is -0.642. The van der Waals surface area contributed by atoms with Crippen molar-refractivity contribution in [3.8, 4) is 16.9 Å². The number of hydrogen-bond donors (Lipinski definition) is 2. The third-order valence-electron chi connectivity index (χ3n) is 10.1. The summed E-state index contributed by atoms with van der Waals surface area (Å²) in [5.41, 5.74) is 2.23. The Morgan fingerprint density at radius 2 is 1.67 bits per heavy atom. The van der Waals surface area contributed by atoms with Gasteiger partial charge in [-0.15, -0.1) is 0 Å². The molecule has 0 aromatic heterocycles. The van der Waals surface area contributed by atoms with E-state index in [0.717, 1.165) is 51.1 Å². The van der Waals surface area contributed by atoms with Crippen molar-refractivity contribution >= 4 is 33.5 Å². The van der Waals surface area contributed by atoms with Gasteiger partial charge < -0.3 is 19.5 Å². The largest absolute Gasteiger partial charge is 0.542 e. The number of carboxylic acids is 1. The minimum Gasteiger partial charge on any atom is -0.542 e. The highest BCUT2D eigenvalue weighted by atomic mass is 32.2. The number of carbonyl (C=O) groups is 2.